The zero-order valence-electron chi connectivity index (χ0n) is 11.8. The maximum absolute atomic E-state index is 10.3. The number of carbonyl (C=O) groups excluding carboxylic acids is 1. The summed E-state index contributed by atoms with van der Waals surface area (Å²) in [5, 5.41) is 8.98. The largest absolute Gasteiger partial charge is 0.396 e. The second kappa shape index (κ2) is 6.81. The van der Waals surface area contributed by atoms with E-state index < -0.39 is 0 Å². The number of aliphatic hydroxyl groups excluding tert-OH is 1. The van der Waals surface area contributed by atoms with E-state index in [2.05, 4.69) is 46.5 Å². The molecule has 17 heavy (non-hydrogen) atoms. The van der Waals surface area contributed by atoms with Crippen LogP contribution < -0.4 is 0 Å². The molecule has 0 aromatic carbocycles. The van der Waals surface area contributed by atoms with Gasteiger partial charge < -0.3 is 5.11 Å². The Morgan fingerprint density at radius 2 is 1.88 bits per heavy atom. The van der Waals surface area contributed by atoms with Gasteiger partial charge >= 0.3 is 0 Å². The van der Waals surface area contributed by atoms with Gasteiger partial charge in [-0.15, -0.1) is 0 Å². The van der Waals surface area contributed by atoms with Crippen molar-refractivity contribution in [1.82, 2.24) is 0 Å². The van der Waals surface area contributed by atoms with E-state index in [1.54, 1.807) is 0 Å². The van der Waals surface area contributed by atoms with Crippen molar-refractivity contribution in [1.29, 1.82) is 0 Å². The normalized spacial score (nSPS) is 13.8. The summed E-state index contributed by atoms with van der Waals surface area (Å²) in [6.45, 7) is 10.9. The van der Waals surface area contributed by atoms with E-state index in [0.29, 0.717) is 12.2 Å². The highest BCUT2D eigenvalue weighted by atomic mass is 16.3. The lowest BCUT2D eigenvalue weighted by atomic mass is 9.65. The van der Waals surface area contributed by atoms with Crippen LogP contribution in [0.15, 0.2) is 0 Å². The molecule has 2 heteroatoms. The van der Waals surface area contributed by atoms with E-state index in [1.807, 2.05) is 0 Å². The molecule has 98 valence electrons. The molecule has 0 amide bonds. The molecule has 0 saturated carbocycles. The highest BCUT2D eigenvalue weighted by molar-refractivity contribution is 5.72. The number of hydrogen-bond donors (Lipinski definition) is 1. The smallest absolute Gasteiger partial charge is 0.192 e. The van der Waals surface area contributed by atoms with Crippen LogP contribution in [0.5, 0.6) is 0 Å². The summed E-state index contributed by atoms with van der Waals surface area (Å²) in [5.74, 6) is 5.94. The van der Waals surface area contributed by atoms with Gasteiger partial charge in [-0.2, -0.15) is 0 Å². The van der Waals surface area contributed by atoms with Crippen molar-refractivity contribution in [3.63, 3.8) is 0 Å². The Morgan fingerprint density at radius 1 is 1.29 bits per heavy atom. The molecule has 0 heterocycles. The first-order valence-corrected chi connectivity index (χ1v) is 6.34. The second-order valence-corrected chi connectivity index (χ2v) is 6.08. The number of carbonyl (C=O) groups is 1. The fourth-order valence-corrected chi connectivity index (χ4v) is 1.68. The molecule has 0 bridgehead atoms. The van der Waals surface area contributed by atoms with Gasteiger partial charge in [0.15, 0.2) is 6.29 Å². The number of rotatable bonds is 6. The van der Waals surface area contributed by atoms with Crippen molar-refractivity contribution in [3.8, 4) is 11.8 Å². The fourth-order valence-electron chi connectivity index (χ4n) is 1.68. The predicted molar refractivity (Wildman–Crippen MR) is 71.5 cm³/mol. The van der Waals surface area contributed by atoms with Crippen LogP contribution in [-0.4, -0.2) is 18.0 Å². The van der Waals surface area contributed by atoms with Gasteiger partial charge in [-0.3, -0.25) is 4.79 Å². The molecular formula is C15H26O2. The standard InChI is InChI=1S/C15H26O2/c1-13(12-17)8-6-9-14(2,3)15(4,5)10-7-11-16/h11,13,17H,6,8-9,12H2,1-5H3. The molecule has 0 aromatic heterocycles. The molecule has 0 aromatic rings. The van der Waals surface area contributed by atoms with Crippen molar-refractivity contribution in [3.05, 3.63) is 0 Å². The monoisotopic (exact) mass is 238 g/mol. The summed E-state index contributed by atoms with van der Waals surface area (Å²) in [6.07, 6.45) is 3.83. The Hall–Kier alpha value is -0.810. The second-order valence-electron chi connectivity index (χ2n) is 6.08. The van der Waals surface area contributed by atoms with Crippen molar-refractivity contribution < 1.29 is 9.90 Å². The van der Waals surface area contributed by atoms with Crippen LogP contribution in [0.4, 0.5) is 0 Å². The van der Waals surface area contributed by atoms with E-state index in [0.717, 1.165) is 19.3 Å². The maximum atomic E-state index is 10.3. The molecule has 1 unspecified atom stereocenters. The highest BCUT2D eigenvalue weighted by Gasteiger charge is 2.34. The molecular weight excluding hydrogens is 212 g/mol. The molecule has 0 aliphatic carbocycles. The van der Waals surface area contributed by atoms with Crippen molar-refractivity contribution in [2.75, 3.05) is 6.61 Å². The van der Waals surface area contributed by atoms with Gasteiger partial charge in [0.1, 0.15) is 0 Å². The van der Waals surface area contributed by atoms with E-state index in [-0.39, 0.29) is 17.4 Å². The van der Waals surface area contributed by atoms with Gasteiger partial charge in [-0.25, -0.2) is 0 Å². The van der Waals surface area contributed by atoms with Crippen molar-refractivity contribution >= 4 is 6.29 Å². The Balaban J connectivity index is 4.40. The van der Waals surface area contributed by atoms with Crippen LogP contribution in [0.2, 0.25) is 0 Å². The molecule has 0 aliphatic rings. The molecule has 0 spiro atoms. The molecule has 1 N–H and O–H groups in total. The Kier molecular flexibility index (Phi) is 6.49. The first-order chi connectivity index (χ1) is 7.77. The van der Waals surface area contributed by atoms with Gasteiger partial charge in [-0.1, -0.05) is 33.1 Å². The third-order valence-corrected chi connectivity index (χ3v) is 3.95. The summed E-state index contributed by atoms with van der Waals surface area (Å²) in [7, 11) is 0. The molecule has 0 radical (unpaired) electrons. The third-order valence-electron chi connectivity index (χ3n) is 3.95. The van der Waals surface area contributed by atoms with Gasteiger partial charge in [-0.05, 0) is 43.9 Å². The lowest BCUT2D eigenvalue weighted by Crippen LogP contribution is -2.31. The average molecular weight is 238 g/mol. The highest BCUT2D eigenvalue weighted by Crippen LogP contribution is 2.42. The van der Waals surface area contributed by atoms with Crippen LogP contribution in [0.25, 0.3) is 0 Å². The molecule has 0 aliphatic heterocycles. The molecule has 0 saturated heterocycles. The SMILES string of the molecule is CC(CO)CCCC(C)(C)C(C)(C)C#CC=O. The van der Waals surface area contributed by atoms with Crippen LogP contribution in [0.1, 0.15) is 53.9 Å². The Morgan fingerprint density at radius 3 is 2.35 bits per heavy atom. The van der Waals surface area contributed by atoms with Gasteiger partial charge in [0.05, 0.1) is 0 Å². The quantitative estimate of drug-likeness (QED) is 0.570. The zero-order valence-corrected chi connectivity index (χ0v) is 11.8. The van der Waals surface area contributed by atoms with E-state index >= 15 is 0 Å². The molecule has 0 rings (SSSR count). The van der Waals surface area contributed by atoms with Crippen LogP contribution in [0.3, 0.4) is 0 Å². The van der Waals surface area contributed by atoms with Crippen molar-refractivity contribution in [2.45, 2.75) is 53.9 Å². The summed E-state index contributed by atoms with van der Waals surface area (Å²) in [5.41, 5.74) is -0.103. The first kappa shape index (κ1) is 16.2. The molecule has 1 atom stereocenters. The number of hydrogen-bond acceptors (Lipinski definition) is 2. The lowest BCUT2D eigenvalue weighted by molar-refractivity contribution is -0.103. The number of aliphatic hydroxyl groups is 1. The van der Waals surface area contributed by atoms with Gasteiger partial charge in [0.25, 0.3) is 0 Å². The first-order valence-electron chi connectivity index (χ1n) is 6.34. The van der Waals surface area contributed by atoms with Crippen LogP contribution in [-0.2, 0) is 4.79 Å². The topological polar surface area (TPSA) is 37.3 Å². The zero-order chi connectivity index (χ0) is 13.5. The molecule has 0 fully saturated rings. The summed E-state index contributed by atoms with van der Waals surface area (Å²) in [6, 6.07) is 0. The van der Waals surface area contributed by atoms with Crippen LogP contribution in [0, 0.1) is 28.6 Å². The Bertz CT molecular complexity index is 292. The summed E-state index contributed by atoms with van der Waals surface area (Å²) < 4.78 is 0. The van der Waals surface area contributed by atoms with E-state index in [1.165, 1.54) is 0 Å². The summed E-state index contributed by atoms with van der Waals surface area (Å²) >= 11 is 0. The minimum absolute atomic E-state index is 0.0676. The fraction of sp³-hybridized carbons (Fsp3) is 0.800. The van der Waals surface area contributed by atoms with E-state index in [4.69, 9.17) is 5.11 Å². The number of aldehydes is 1. The van der Waals surface area contributed by atoms with Crippen molar-refractivity contribution in [2.24, 2.45) is 16.7 Å². The third kappa shape index (κ3) is 5.37. The van der Waals surface area contributed by atoms with Gasteiger partial charge in [0, 0.05) is 12.0 Å². The van der Waals surface area contributed by atoms with Gasteiger partial charge in [0.2, 0.25) is 0 Å². The summed E-state index contributed by atoms with van der Waals surface area (Å²) in [4.78, 5) is 10.3. The van der Waals surface area contributed by atoms with E-state index in [9.17, 15) is 4.79 Å². The maximum Gasteiger partial charge on any atom is 0.192 e. The Labute approximate surface area is 106 Å². The minimum atomic E-state index is -0.170. The molecule has 2 nitrogen and oxygen atoms in total. The minimum Gasteiger partial charge on any atom is -0.396 e. The van der Waals surface area contributed by atoms with Crippen LogP contribution >= 0.6 is 0 Å². The lowest BCUT2D eigenvalue weighted by Gasteiger charge is -2.38. The predicted octanol–water partition coefficient (Wildman–Crippen LogP) is 3.04. The average Bonchev–Trinajstić information content (AvgIpc) is 2.25.